The lowest BCUT2D eigenvalue weighted by Crippen LogP contribution is -2.49. The van der Waals surface area contributed by atoms with E-state index in [0.717, 1.165) is 0 Å². The number of hydrogen-bond donors (Lipinski definition) is 6. The van der Waals surface area contributed by atoms with Crippen molar-refractivity contribution in [3.63, 3.8) is 0 Å². The molecule has 232 valence electrons. The molecule has 1 aromatic rings. The molecule has 1 rings (SSSR count). The molecule has 0 aromatic heterocycles. The number of alkyl carbamates (subject to hydrolysis) is 2. The Balaban J connectivity index is 2.62. The first kappa shape index (κ1) is 35.6. The highest BCUT2D eigenvalue weighted by Gasteiger charge is 2.33. The number of carbonyl (C=O) groups excluding carboxylic acids is 4. The lowest BCUT2D eigenvalue weighted by atomic mass is 10.0. The summed E-state index contributed by atoms with van der Waals surface area (Å²) in [6.07, 6.45) is -9.40. The number of hydrogen-bond acceptors (Lipinski definition) is 12. The van der Waals surface area contributed by atoms with Crippen LogP contribution in [0.2, 0.25) is 0 Å². The van der Waals surface area contributed by atoms with E-state index in [4.69, 9.17) is 18.9 Å². The average Bonchev–Trinajstić information content (AvgIpc) is 2.86. The maximum atomic E-state index is 12.7. The summed E-state index contributed by atoms with van der Waals surface area (Å²) in [5, 5.41) is 45.2. The summed E-state index contributed by atoms with van der Waals surface area (Å²) in [5.74, 6) is -1.92. The van der Waals surface area contributed by atoms with Crippen LogP contribution in [0.15, 0.2) is 30.3 Å². The molecule has 1 aromatic carbocycles. The second-order valence-corrected chi connectivity index (χ2v) is 11.2. The highest BCUT2D eigenvalue weighted by molar-refractivity contribution is 5.82. The molecule has 0 spiro atoms. The van der Waals surface area contributed by atoms with Crippen molar-refractivity contribution in [3.05, 3.63) is 35.9 Å². The zero-order valence-electron chi connectivity index (χ0n) is 24.2. The lowest BCUT2D eigenvalue weighted by Gasteiger charge is -2.27. The zero-order valence-corrected chi connectivity index (χ0v) is 24.2. The molecule has 0 aliphatic rings. The van der Waals surface area contributed by atoms with Crippen molar-refractivity contribution < 1.29 is 58.6 Å². The van der Waals surface area contributed by atoms with Gasteiger partial charge in [-0.15, -0.1) is 0 Å². The number of nitrogens with one attached hydrogen (secondary N) is 2. The summed E-state index contributed by atoms with van der Waals surface area (Å²) >= 11 is 0. The number of aliphatic hydroxyl groups is 4. The highest BCUT2D eigenvalue weighted by Crippen LogP contribution is 2.11. The SMILES string of the molecule is CC(C)(C)OC(=O)NCC(=O)OC[C@H](O)[C@@H](O)[C@H](O)[C@H](O)COC(=O)[C@H](Cc1ccccc1)NC(=O)OC(C)(C)C. The highest BCUT2D eigenvalue weighted by atomic mass is 16.6. The molecular weight excluding hydrogens is 544 g/mol. The van der Waals surface area contributed by atoms with E-state index in [1.807, 2.05) is 0 Å². The van der Waals surface area contributed by atoms with E-state index in [0.29, 0.717) is 5.56 Å². The first-order valence-corrected chi connectivity index (χ1v) is 12.9. The van der Waals surface area contributed by atoms with Gasteiger partial charge in [0.1, 0.15) is 61.4 Å². The molecule has 0 unspecified atom stereocenters. The number of benzene rings is 1. The van der Waals surface area contributed by atoms with E-state index in [-0.39, 0.29) is 6.42 Å². The molecular formula is C27H42N2O12. The Labute approximate surface area is 238 Å². The van der Waals surface area contributed by atoms with Gasteiger partial charge in [0.15, 0.2) is 0 Å². The molecule has 0 fully saturated rings. The normalized spacial score (nSPS) is 15.4. The van der Waals surface area contributed by atoms with E-state index in [1.54, 1.807) is 71.9 Å². The number of rotatable bonds is 13. The van der Waals surface area contributed by atoms with Crippen molar-refractivity contribution in [2.24, 2.45) is 0 Å². The van der Waals surface area contributed by atoms with Crippen LogP contribution < -0.4 is 10.6 Å². The minimum absolute atomic E-state index is 0.0348. The Morgan fingerprint density at radius 3 is 1.76 bits per heavy atom. The quantitative estimate of drug-likeness (QED) is 0.135. The number of amides is 2. The van der Waals surface area contributed by atoms with E-state index < -0.39 is 85.5 Å². The fraction of sp³-hybridized carbons (Fsp3) is 0.630. The summed E-state index contributed by atoms with van der Waals surface area (Å²) in [7, 11) is 0. The van der Waals surface area contributed by atoms with Crippen molar-refractivity contribution in [2.45, 2.75) is 89.6 Å². The molecule has 14 nitrogen and oxygen atoms in total. The average molecular weight is 587 g/mol. The predicted octanol–water partition coefficient (Wildman–Crippen LogP) is 0.177. The van der Waals surface area contributed by atoms with Gasteiger partial charge < -0.3 is 50.0 Å². The topological polar surface area (TPSA) is 210 Å². The van der Waals surface area contributed by atoms with E-state index in [1.165, 1.54) is 0 Å². The van der Waals surface area contributed by atoms with Gasteiger partial charge in [-0.1, -0.05) is 30.3 Å². The summed E-state index contributed by atoms with van der Waals surface area (Å²) in [6.45, 7) is 7.68. The third-order valence-corrected chi connectivity index (χ3v) is 4.98. The van der Waals surface area contributed by atoms with Crippen LogP contribution in [0.5, 0.6) is 0 Å². The van der Waals surface area contributed by atoms with Crippen LogP contribution in [0.25, 0.3) is 0 Å². The Kier molecular flexibility index (Phi) is 14.0. The van der Waals surface area contributed by atoms with Crippen LogP contribution in [0.4, 0.5) is 9.59 Å². The Morgan fingerprint density at radius 2 is 1.24 bits per heavy atom. The molecule has 6 N–H and O–H groups in total. The van der Waals surface area contributed by atoms with Crippen molar-refractivity contribution >= 4 is 24.1 Å². The monoisotopic (exact) mass is 586 g/mol. The summed E-state index contributed by atoms with van der Waals surface area (Å²) in [5.41, 5.74) is -0.914. The zero-order chi connectivity index (χ0) is 31.4. The molecule has 0 saturated carbocycles. The van der Waals surface area contributed by atoms with E-state index in [9.17, 15) is 39.6 Å². The second kappa shape index (κ2) is 16.1. The van der Waals surface area contributed by atoms with Crippen molar-refractivity contribution in [2.75, 3.05) is 19.8 Å². The van der Waals surface area contributed by atoms with Gasteiger partial charge in [-0.2, -0.15) is 0 Å². The first-order valence-electron chi connectivity index (χ1n) is 12.9. The van der Waals surface area contributed by atoms with Crippen LogP contribution in [0, 0.1) is 0 Å². The predicted molar refractivity (Wildman–Crippen MR) is 143 cm³/mol. The largest absolute Gasteiger partial charge is 0.462 e. The van der Waals surface area contributed by atoms with Gasteiger partial charge in [-0.05, 0) is 47.1 Å². The maximum Gasteiger partial charge on any atom is 0.408 e. The lowest BCUT2D eigenvalue weighted by molar-refractivity contribution is -0.163. The number of esters is 2. The smallest absolute Gasteiger partial charge is 0.408 e. The molecule has 0 aliphatic heterocycles. The van der Waals surface area contributed by atoms with Crippen LogP contribution >= 0.6 is 0 Å². The number of aliphatic hydroxyl groups excluding tert-OH is 4. The van der Waals surface area contributed by atoms with Gasteiger partial charge in [0.25, 0.3) is 0 Å². The number of carbonyl (C=O) groups is 4. The van der Waals surface area contributed by atoms with Gasteiger partial charge in [0.05, 0.1) is 0 Å². The molecule has 0 aliphatic carbocycles. The first-order chi connectivity index (χ1) is 18.9. The molecule has 0 bridgehead atoms. The van der Waals surface area contributed by atoms with E-state index in [2.05, 4.69) is 10.6 Å². The molecule has 5 atom stereocenters. The van der Waals surface area contributed by atoms with E-state index >= 15 is 0 Å². The summed E-state index contributed by atoms with van der Waals surface area (Å²) < 4.78 is 20.0. The van der Waals surface area contributed by atoms with Crippen molar-refractivity contribution in [1.82, 2.24) is 10.6 Å². The van der Waals surface area contributed by atoms with Gasteiger partial charge in [-0.25, -0.2) is 14.4 Å². The summed E-state index contributed by atoms with van der Waals surface area (Å²) in [4.78, 5) is 48.4. The third kappa shape index (κ3) is 15.2. The molecule has 0 heterocycles. The van der Waals surface area contributed by atoms with Gasteiger partial charge >= 0.3 is 24.1 Å². The number of ether oxygens (including phenoxy) is 4. The minimum atomic E-state index is -2.01. The Hall–Kier alpha value is -3.46. The summed E-state index contributed by atoms with van der Waals surface area (Å²) in [6, 6.07) is 7.51. The second-order valence-electron chi connectivity index (χ2n) is 11.2. The molecule has 14 heteroatoms. The fourth-order valence-corrected chi connectivity index (χ4v) is 3.10. The molecule has 0 saturated heterocycles. The molecule has 0 radical (unpaired) electrons. The van der Waals surface area contributed by atoms with Crippen LogP contribution in [0.3, 0.4) is 0 Å². The third-order valence-electron chi connectivity index (χ3n) is 4.98. The Morgan fingerprint density at radius 1 is 0.756 bits per heavy atom. The van der Waals surface area contributed by atoms with Crippen LogP contribution in [-0.4, -0.2) is 106 Å². The van der Waals surface area contributed by atoms with Gasteiger partial charge in [-0.3, -0.25) is 4.79 Å². The fourth-order valence-electron chi connectivity index (χ4n) is 3.10. The minimum Gasteiger partial charge on any atom is -0.462 e. The Bertz CT molecular complexity index is 990. The van der Waals surface area contributed by atoms with Crippen LogP contribution in [-0.2, 0) is 35.0 Å². The maximum absolute atomic E-state index is 12.7. The molecule has 2 amide bonds. The van der Waals surface area contributed by atoms with Gasteiger partial charge in [0.2, 0.25) is 0 Å². The standard InChI is InChI=1S/C27H42N2O12/c1-26(2,3)40-24(36)28-13-20(32)38-14-18(30)21(33)22(34)19(31)15-39-23(35)17(12-16-10-8-7-9-11-16)29-25(37)41-27(4,5)6/h7-11,17-19,21-22,30-31,33-34H,12-15H2,1-6H3,(H,28,36)(H,29,37)/t17-,18-,19+,21+,22+/m0/s1. The molecule has 41 heavy (non-hydrogen) atoms. The van der Waals surface area contributed by atoms with Crippen molar-refractivity contribution in [1.29, 1.82) is 0 Å². The van der Waals surface area contributed by atoms with Crippen LogP contribution in [0.1, 0.15) is 47.1 Å². The van der Waals surface area contributed by atoms with Crippen molar-refractivity contribution in [3.8, 4) is 0 Å². The van der Waals surface area contributed by atoms with Gasteiger partial charge in [0, 0.05) is 6.42 Å².